The molecule has 0 aromatic carbocycles. The highest BCUT2D eigenvalue weighted by molar-refractivity contribution is 5.90. The lowest BCUT2D eigenvalue weighted by molar-refractivity contribution is -0.157. The van der Waals surface area contributed by atoms with Crippen LogP contribution in [0.1, 0.15) is 71.6 Å². The first-order valence-corrected chi connectivity index (χ1v) is 8.98. The van der Waals surface area contributed by atoms with E-state index in [1.165, 1.54) is 32.1 Å². The van der Waals surface area contributed by atoms with Crippen molar-refractivity contribution in [3.63, 3.8) is 0 Å². The zero-order valence-electron chi connectivity index (χ0n) is 13.5. The lowest BCUT2D eigenvalue weighted by Crippen LogP contribution is -2.56. The van der Waals surface area contributed by atoms with Gasteiger partial charge in [-0.2, -0.15) is 0 Å². The first-order valence-electron chi connectivity index (χ1n) is 8.98. The van der Waals surface area contributed by atoms with E-state index >= 15 is 0 Å². The minimum absolute atomic E-state index is 0.0470. The molecule has 4 saturated carbocycles. The summed E-state index contributed by atoms with van der Waals surface area (Å²) in [6, 6.07) is 0. The van der Waals surface area contributed by atoms with E-state index < -0.39 is 0 Å². The smallest absolute Gasteiger partial charge is 0.137 e. The molecular weight excluding hydrogens is 260 g/mol. The highest BCUT2D eigenvalue weighted by atomic mass is 16.1. The molecule has 0 bridgehead atoms. The summed E-state index contributed by atoms with van der Waals surface area (Å²) in [4.78, 5) is 24.6. The van der Waals surface area contributed by atoms with Crippen molar-refractivity contribution in [3.8, 4) is 0 Å². The van der Waals surface area contributed by atoms with Gasteiger partial charge in [-0.15, -0.1) is 0 Å². The Morgan fingerprint density at radius 1 is 0.952 bits per heavy atom. The lowest BCUT2D eigenvalue weighted by Gasteiger charge is -2.58. The number of ketones is 2. The Kier molecular flexibility index (Phi) is 2.94. The Bertz CT molecular complexity index is 496. The summed E-state index contributed by atoms with van der Waals surface area (Å²) in [5, 5.41) is 0. The van der Waals surface area contributed by atoms with Crippen LogP contribution in [-0.4, -0.2) is 11.6 Å². The molecule has 116 valence electrons. The summed E-state index contributed by atoms with van der Waals surface area (Å²) in [6.07, 6.45) is 9.71. The van der Waals surface area contributed by atoms with Gasteiger partial charge in [0.15, 0.2) is 0 Å². The van der Waals surface area contributed by atoms with Crippen LogP contribution in [0.4, 0.5) is 0 Å². The Labute approximate surface area is 128 Å². The van der Waals surface area contributed by atoms with Crippen LogP contribution < -0.4 is 0 Å². The van der Waals surface area contributed by atoms with Crippen molar-refractivity contribution in [2.24, 2.45) is 34.5 Å². The molecule has 4 aliphatic rings. The molecule has 0 aromatic rings. The molecule has 0 aromatic heterocycles. The molecule has 0 aliphatic heterocycles. The van der Waals surface area contributed by atoms with Gasteiger partial charge in [0.05, 0.1) is 0 Å². The normalized spacial score (nSPS) is 53.0. The Morgan fingerprint density at radius 3 is 2.57 bits per heavy atom. The average Bonchev–Trinajstić information content (AvgIpc) is 2.83. The van der Waals surface area contributed by atoms with E-state index in [-0.39, 0.29) is 11.3 Å². The molecule has 4 aliphatic carbocycles. The second-order valence-electron chi connectivity index (χ2n) is 8.93. The van der Waals surface area contributed by atoms with E-state index in [1.807, 2.05) is 0 Å². The Balaban J connectivity index is 1.70. The second-order valence-corrected chi connectivity index (χ2v) is 8.93. The molecule has 4 fully saturated rings. The molecule has 0 heterocycles. The third kappa shape index (κ3) is 1.83. The van der Waals surface area contributed by atoms with Crippen LogP contribution in [0.25, 0.3) is 0 Å². The van der Waals surface area contributed by atoms with Crippen molar-refractivity contribution in [1.82, 2.24) is 0 Å². The predicted molar refractivity (Wildman–Crippen MR) is 81.7 cm³/mol. The lowest BCUT2D eigenvalue weighted by atomic mass is 9.45. The molecule has 0 saturated heterocycles. The van der Waals surface area contributed by atoms with E-state index in [9.17, 15) is 9.59 Å². The second kappa shape index (κ2) is 4.43. The molecule has 2 heteroatoms. The summed E-state index contributed by atoms with van der Waals surface area (Å²) < 4.78 is 0. The fraction of sp³-hybridized carbons (Fsp3) is 0.895. The van der Waals surface area contributed by atoms with Gasteiger partial charge >= 0.3 is 0 Å². The number of fused-ring (bicyclic) bond motifs is 5. The van der Waals surface area contributed by atoms with Crippen LogP contribution in [0, 0.1) is 34.5 Å². The Morgan fingerprint density at radius 2 is 1.76 bits per heavy atom. The van der Waals surface area contributed by atoms with Crippen LogP contribution in [0.5, 0.6) is 0 Å². The highest BCUT2D eigenvalue weighted by Crippen LogP contribution is 2.65. The van der Waals surface area contributed by atoms with Gasteiger partial charge in [0, 0.05) is 25.2 Å². The number of rotatable bonds is 0. The van der Waals surface area contributed by atoms with Gasteiger partial charge in [0.25, 0.3) is 0 Å². The summed E-state index contributed by atoms with van der Waals surface area (Å²) in [7, 11) is 0. The average molecular weight is 288 g/mol. The van der Waals surface area contributed by atoms with Crippen LogP contribution >= 0.6 is 0 Å². The quantitative estimate of drug-likeness (QED) is 0.670. The van der Waals surface area contributed by atoms with Gasteiger partial charge in [-0.05, 0) is 60.7 Å². The third-order valence-electron chi connectivity index (χ3n) is 8.06. The fourth-order valence-corrected chi connectivity index (χ4v) is 6.83. The van der Waals surface area contributed by atoms with Crippen LogP contribution in [-0.2, 0) is 9.59 Å². The van der Waals surface area contributed by atoms with Gasteiger partial charge in [-0.1, -0.05) is 20.3 Å². The number of carbonyl (C=O) groups is 2. The van der Waals surface area contributed by atoms with E-state index in [0.29, 0.717) is 41.7 Å². The molecule has 0 spiro atoms. The summed E-state index contributed by atoms with van der Waals surface area (Å²) in [5.41, 5.74) is 0.632. The summed E-state index contributed by atoms with van der Waals surface area (Å²) in [5.74, 6) is 2.88. The largest absolute Gasteiger partial charge is 0.300 e. The third-order valence-corrected chi connectivity index (χ3v) is 8.06. The topological polar surface area (TPSA) is 34.1 Å². The molecule has 4 rings (SSSR count). The first kappa shape index (κ1) is 14.0. The highest BCUT2D eigenvalue weighted by Gasteiger charge is 2.60. The molecule has 0 N–H and O–H groups in total. The maximum Gasteiger partial charge on any atom is 0.137 e. The molecular formula is C19H28O2. The Hall–Kier alpha value is -0.660. The number of hydrogen-bond acceptors (Lipinski definition) is 2. The fourth-order valence-electron chi connectivity index (χ4n) is 6.83. The van der Waals surface area contributed by atoms with Gasteiger partial charge in [-0.25, -0.2) is 0 Å². The standard InChI is InChI=1S/C19H28O2/c1-18-7-3-4-14(18)13-11-17(21)16-10-12(20)5-9-19(16,2)15(13)6-8-18/h13-16H,3-11H2,1-2H3. The van der Waals surface area contributed by atoms with Gasteiger partial charge in [0.2, 0.25) is 0 Å². The van der Waals surface area contributed by atoms with E-state index in [4.69, 9.17) is 0 Å². The monoisotopic (exact) mass is 288 g/mol. The van der Waals surface area contributed by atoms with Gasteiger partial charge < -0.3 is 0 Å². The van der Waals surface area contributed by atoms with Crippen molar-refractivity contribution in [3.05, 3.63) is 0 Å². The van der Waals surface area contributed by atoms with Gasteiger partial charge in [0.1, 0.15) is 11.6 Å². The van der Waals surface area contributed by atoms with Crippen molar-refractivity contribution >= 4 is 11.6 Å². The maximum atomic E-state index is 12.8. The molecule has 21 heavy (non-hydrogen) atoms. The molecule has 0 amide bonds. The van der Waals surface area contributed by atoms with E-state index in [2.05, 4.69) is 13.8 Å². The molecule has 2 nitrogen and oxygen atoms in total. The van der Waals surface area contributed by atoms with Crippen LogP contribution in [0.3, 0.4) is 0 Å². The molecule has 6 unspecified atom stereocenters. The summed E-state index contributed by atoms with van der Waals surface area (Å²) >= 11 is 0. The zero-order chi connectivity index (χ0) is 14.8. The van der Waals surface area contributed by atoms with Gasteiger partial charge in [-0.3, -0.25) is 9.59 Å². The van der Waals surface area contributed by atoms with Crippen LogP contribution in [0.15, 0.2) is 0 Å². The zero-order valence-corrected chi connectivity index (χ0v) is 13.5. The summed E-state index contributed by atoms with van der Waals surface area (Å²) in [6.45, 7) is 4.82. The van der Waals surface area contributed by atoms with E-state index in [1.54, 1.807) is 0 Å². The number of Topliss-reactive ketones (excluding diaryl/α,β-unsaturated/α-hetero) is 2. The van der Waals surface area contributed by atoms with Crippen molar-refractivity contribution in [2.75, 3.05) is 0 Å². The first-order chi connectivity index (χ1) is 9.94. The van der Waals surface area contributed by atoms with Crippen molar-refractivity contribution in [1.29, 1.82) is 0 Å². The maximum absolute atomic E-state index is 12.8. The molecule has 0 radical (unpaired) electrons. The molecule has 6 atom stereocenters. The number of hydrogen-bond donors (Lipinski definition) is 0. The van der Waals surface area contributed by atoms with E-state index in [0.717, 1.165) is 18.8 Å². The number of carbonyl (C=O) groups excluding carboxylic acids is 2. The minimum Gasteiger partial charge on any atom is -0.300 e. The minimum atomic E-state index is 0.0470. The predicted octanol–water partition coefficient (Wildman–Crippen LogP) is 4.17. The SMILES string of the molecule is CC12CCCC1C1CC(=O)C3CC(=O)CCC3(C)C1CC2. The van der Waals surface area contributed by atoms with Crippen LogP contribution in [0.2, 0.25) is 0 Å². The van der Waals surface area contributed by atoms with Crippen molar-refractivity contribution < 1.29 is 9.59 Å². The van der Waals surface area contributed by atoms with Crippen molar-refractivity contribution in [2.45, 2.75) is 71.6 Å².